The maximum atomic E-state index is 13.7. The van der Waals surface area contributed by atoms with Crippen molar-refractivity contribution in [2.75, 3.05) is 0 Å². The van der Waals surface area contributed by atoms with Crippen LogP contribution in [0.2, 0.25) is 0 Å². The highest BCUT2D eigenvalue weighted by atomic mass is 19.1. The van der Waals surface area contributed by atoms with Crippen LogP contribution in [0.3, 0.4) is 0 Å². The lowest BCUT2D eigenvalue weighted by Crippen LogP contribution is -2.23. The molecule has 20 heavy (non-hydrogen) atoms. The van der Waals surface area contributed by atoms with Gasteiger partial charge < -0.3 is 10.7 Å². The Bertz CT molecular complexity index is 570. The Morgan fingerprint density at radius 3 is 2.55 bits per heavy atom. The van der Waals surface area contributed by atoms with Gasteiger partial charge in [0.05, 0.1) is 11.6 Å². The molecule has 1 aliphatic carbocycles. The quantitative estimate of drug-likeness (QED) is 0.868. The second kappa shape index (κ2) is 5.92. The van der Waals surface area contributed by atoms with Gasteiger partial charge in [-0.25, -0.2) is 9.37 Å². The maximum Gasteiger partial charge on any atom is 0.151 e. The summed E-state index contributed by atoms with van der Waals surface area (Å²) in [7, 11) is 0. The van der Waals surface area contributed by atoms with E-state index in [2.05, 4.69) is 9.97 Å². The van der Waals surface area contributed by atoms with Crippen molar-refractivity contribution < 1.29 is 4.39 Å². The van der Waals surface area contributed by atoms with E-state index in [0.717, 1.165) is 24.2 Å². The number of aromatic nitrogens is 2. The lowest BCUT2D eigenvalue weighted by atomic mass is 9.86. The number of imidazole rings is 1. The van der Waals surface area contributed by atoms with Crippen molar-refractivity contribution in [3.05, 3.63) is 29.8 Å². The number of para-hydroxylation sites is 1. The molecule has 1 fully saturated rings. The van der Waals surface area contributed by atoms with Gasteiger partial charge in [-0.3, -0.25) is 0 Å². The molecule has 0 aliphatic heterocycles. The molecular formula is C16H22FN3. The number of halogens is 1. The summed E-state index contributed by atoms with van der Waals surface area (Å²) in [5.74, 6) is 0.907. The summed E-state index contributed by atoms with van der Waals surface area (Å²) < 4.78 is 13.7. The molecule has 0 radical (unpaired) electrons. The van der Waals surface area contributed by atoms with Gasteiger partial charge in [0.15, 0.2) is 5.82 Å². The van der Waals surface area contributed by atoms with Crippen LogP contribution in [0, 0.1) is 11.7 Å². The molecular weight excluding hydrogens is 253 g/mol. The van der Waals surface area contributed by atoms with Gasteiger partial charge in [0.25, 0.3) is 0 Å². The number of rotatable bonds is 2. The average molecular weight is 275 g/mol. The predicted molar refractivity (Wildman–Crippen MR) is 78.8 cm³/mol. The maximum absolute atomic E-state index is 13.7. The lowest BCUT2D eigenvalue weighted by molar-refractivity contribution is 0.321. The predicted octanol–water partition coefficient (Wildman–Crippen LogP) is 4.06. The third-order valence-corrected chi connectivity index (χ3v) is 4.46. The van der Waals surface area contributed by atoms with Crippen molar-refractivity contribution >= 4 is 11.0 Å². The highest BCUT2D eigenvalue weighted by Crippen LogP contribution is 2.31. The molecule has 3 rings (SSSR count). The Balaban J connectivity index is 1.83. The molecule has 3 N–H and O–H groups in total. The molecule has 4 heteroatoms. The monoisotopic (exact) mass is 275 g/mol. The minimum Gasteiger partial charge on any atom is -0.341 e. The second-order valence-electron chi connectivity index (χ2n) is 5.89. The van der Waals surface area contributed by atoms with Crippen molar-refractivity contribution in [2.24, 2.45) is 11.7 Å². The zero-order valence-electron chi connectivity index (χ0n) is 11.7. The molecule has 0 bridgehead atoms. The molecule has 1 atom stereocenters. The van der Waals surface area contributed by atoms with Crippen LogP contribution in [0.15, 0.2) is 18.2 Å². The Labute approximate surface area is 118 Å². The van der Waals surface area contributed by atoms with Gasteiger partial charge in [0.1, 0.15) is 11.3 Å². The molecule has 1 unspecified atom stereocenters. The van der Waals surface area contributed by atoms with Gasteiger partial charge >= 0.3 is 0 Å². The molecule has 1 aliphatic rings. The number of nitrogens with two attached hydrogens (primary N) is 1. The van der Waals surface area contributed by atoms with Gasteiger partial charge in [-0.2, -0.15) is 0 Å². The number of hydrogen-bond acceptors (Lipinski definition) is 2. The summed E-state index contributed by atoms with van der Waals surface area (Å²) in [6.07, 6.45) is 8.75. The summed E-state index contributed by atoms with van der Waals surface area (Å²) in [6.45, 7) is 0. The van der Waals surface area contributed by atoms with Gasteiger partial charge in [0.2, 0.25) is 0 Å². The van der Waals surface area contributed by atoms with Crippen LogP contribution in [-0.2, 0) is 0 Å². The molecule has 1 heterocycles. The third kappa shape index (κ3) is 2.70. The molecule has 108 valence electrons. The highest BCUT2D eigenvalue weighted by molar-refractivity contribution is 5.75. The van der Waals surface area contributed by atoms with Crippen molar-refractivity contribution in [2.45, 2.75) is 51.0 Å². The summed E-state index contributed by atoms with van der Waals surface area (Å²) in [6, 6.07) is 4.87. The molecule has 0 amide bonds. The number of nitrogens with zero attached hydrogens (tertiary/aromatic N) is 1. The van der Waals surface area contributed by atoms with E-state index < -0.39 is 0 Å². The standard InChI is InChI=1S/C16H22FN3/c17-12-9-6-10-13-15(12)20-16(19-13)14(18)11-7-4-2-1-3-5-8-11/h6,9-11,14H,1-5,7-8,18H2,(H,19,20). The largest absolute Gasteiger partial charge is 0.341 e. The first-order chi connectivity index (χ1) is 9.75. The van der Waals surface area contributed by atoms with Crippen LogP contribution in [-0.4, -0.2) is 9.97 Å². The van der Waals surface area contributed by atoms with E-state index in [1.807, 2.05) is 6.07 Å². The normalized spacial score (nSPS) is 19.7. The summed E-state index contributed by atoms with van der Waals surface area (Å²) in [4.78, 5) is 7.58. The summed E-state index contributed by atoms with van der Waals surface area (Å²) >= 11 is 0. The van der Waals surface area contributed by atoms with Crippen LogP contribution in [0.5, 0.6) is 0 Å². The van der Waals surface area contributed by atoms with Crippen molar-refractivity contribution in [1.29, 1.82) is 0 Å². The summed E-state index contributed by atoms with van der Waals surface area (Å²) in [5.41, 5.74) is 7.53. The van der Waals surface area contributed by atoms with Gasteiger partial charge in [-0.05, 0) is 30.9 Å². The Morgan fingerprint density at radius 2 is 1.85 bits per heavy atom. The number of aromatic amines is 1. The highest BCUT2D eigenvalue weighted by Gasteiger charge is 2.23. The van der Waals surface area contributed by atoms with Crippen molar-refractivity contribution in [3.63, 3.8) is 0 Å². The Morgan fingerprint density at radius 1 is 1.15 bits per heavy atom. The SMILES string of the molecule is NC(c1nc2c(F)cccc2[nH]1)C1CCCCCCC1. The minimum atomic E-state index is -0.283. The molecule has 1 aromatic heterocycles. The number of benzene rings is 1. The topological polar surface area (TPSA) is 54.7 Å². The Hall–Kier alpha value is -1.42. The summed E-state index contributed by atoms with van der Waals surface area (Å²) in [5, 5.41) is 0. The Kier molecular flexibility index (Phi) is 4.01. The van der Waals surface area contributed by atoms with Gasteiger partial charge in [0, 0.05) is 0 Å². The molecule has 1 saturated carbocycles. The van der Waals surface area contributed by atoms with Gasteiger partial charge in [-0.1, -0.05) is 38.2 Å². The first-order valence-electron chi connectivity index (χ1n) is 7.65. The van der Waals surface area contributed by atoms with E-state index in [1.165, 1.54) is 38.2 Å². The van der Waals surface area contributed by atoms with E-state index in [4.69, 9.17) is 5.73 Å². The number of nitrogens with one attached hydrogen (secondary N) is 1. The lowest BCUT2D eigenvalue weighted by Gasteiger charge is -2.24. The van der Waals surface area contributed by atoms with E-state index >= 15 is 0 Å². The van der Waals surface area contributed by atoms with Crippen molar-refractivity contribution in [3.8, 4) is 0 Å². The fourth-order valence-corrected chi connectivity index (χ4v) is 3.24. The zero-order chi connectivity index (χ0) is 13.9. The first-order valence-corrected chi connectivity index (χ1v) is 7.65. The minimum absolute atomic E-state index is 0.111. The van der Waals surface area contributed by atoms with Crippen molar-refractivity contribution in [1.82, 2.24) is 9.97 Å². The number of fused-ring (bicyclic) bond motifs is 1. The van der Waals surface area contributed by atoms with E-state index in [9.17, 15) is 4.39 Å². The second-order valence-corrected chi connectivity index (χ2v) is 5.89. The first kappa shape index (κ1) is 13.6. The van der Waals surface area contributed by atoms with Crippen LogP contribution in [0.1, 0.15) is 56.8 Å². The number of hydrogen-bond donors (Lipinski definition) is 2. The molecule has 0 saturated heterocycles. The molecule has 1 aromatic carbocycles. The molecule has 2 aromatic rings. The van der Waals surface area contributed by atoms with Crippen LogP contribution >= 0.6 is 0 Å². The van der Waals surface area contributed by atoms with Crippen LogP contribution < -0.4 is 5.73 Å². The van der Waals surface area contributed by atoms with E-state index in [1.54, 1.807) is 6.07 Å². The zero-order valence-corrected chi connectivity index (χ0v) is 11.7. The average Bonchev–Trinajstić information content (AvgIpc) is 2.83. The van der Waals surface area contributed by atoms with Gasteiger partial charge in [-0.15, -0.1) is 0 Å². The van der Waals surface area contributed by atoms with Crippen LogP contribution in [0.25, 0.3) is 11.0 Å². The smallest absolute Gasteiger partial charge is 0.151 e. The fraction of sp³-hybridized carbons (Fsp3) is 0.562. The van der Waals surface area contributed by atoms with Crippen LogP contribution in [0.4, 0.5) is 4.39 Å². The van der Waals surface area contributed by atoms with E-state index in [-0.39, 0.29) is 11.9 Å². The third-order valence-electron chi connectivity index (χ3n) is 4.46. The molecule has 3 nitrogen and oxygen atoms in total. The number of H-pyrrole nitrogens is 1. The van der Waals surface area contributed by atoms with E-state index in [0.29, 0.717) is 11.4 Å². The molecule has 0 spiro atoms. The fourth-order valence-electron chi connectivity index (χ4n) is 3.24.